The molecule has 0 spiro atoms. The number of aromatic nitrogens is 1. The zero-order chi connectivity index (χ0) is 10.7. The lowest BCUT2D eigenvalue weighted by Crippen LogP contribution is -1.97. The summed E-state index contributed by atoms with van der Waals surface area (Å²) in [6, 6.07) is 12.5. The highest BCUT2D eigenvalue weighted by atomic mass is 14.7. The molecule has 0 amide bonds. The van der Waals surface area contributed by atoms with Crippen molar-refractivity contribution in [2.45, 2.75) is 20.3 Å². The molecule has 1 heteroatoms. The molecule has 1 nitrogen and oxygen atoms in total. The predicted octanol–water partition coefficient (Wildman–Crippen LogP) is 3.29. The molecule has 0 bridgehead atoms. The summed E-state index contributed by atoms with van der Waals surface area (Å²) in [7, 11) is 0. The van der Waals surface area contributed by atoms with Gasteiger partial charge in [0.15, 0.2) is 0 Å². The fourth-order valence-electron chi connectivity index (χ4n) is 1.66. The molecule has 0 aliphatic heterocycles. The maximum Gasteiger partial charge on any atom is 0.0479 e. The number of benzene rings is 1. The summed E-state index contributed by atoms with van der Waals surface area (Å²) >= 11 is 0. The minimum Gasteiger partial charge on any atom is -0.261 e. The number of hydrogen-bond acceptors (Lipinski definition) is 1. The average Bonchev–Trinajstić information content (AvgIpc) is 2.26. The van der Waals surface area contributed by atoms with E-state index in [1.807, 2.05) is 12.3 Å². The van der Waals surface area contributed by atoms with Crippen LogP contribution >= 0.6 is 0 Å². The monoisotopic (exact) mass is 197 g/mol. The molecule has 1 aromatic carbocycles. The summed E-state index contributed by atoms with van der Waals surface area (Å²) in [5, 5.41) is 0. The number of hydrogen-bond donors (Lipinski definition) is 0. The summed E-state index contributed by atoms with van der Waals surface area (Å²) in [5.41, 5.74) is 5.12. The minimum absolute atomic E-state index is 0.925. The maximum absolute atomic E-state index is 4.43. The van der Waals surface area contributed by atoms with Crippen LogP contribution in [0.4, 0.5) is 0 Å². The Balaban J connectivity index is 2.29. The van der Waals surface area contributed by atoms with Crippen LogP contribution in [0.2, 0.25) is 0 Å². The summed E-state index contributed by atoms with van der Waals surface area (Å²) in [5.74, 6) is 0. The topological polar surface area (TPSA) is 12.9 Å². The van der Waals surface area contributed by atoms with Gasteiger partial charge < -0.3 is 0 Å². The summed E-state index contributed by atoms with van der Waals surface area (Å²) in [6.07, 6.45) is 2.81. The highest BCUT2D eigenvalue weighted by molar-refractivity contribution is 5.31. The van der Waals surface area contributed by atoms with E-state index in [-0.39, 0.29) is 0 Å². The predicted molar refractivity (Wildman–Crippen MR) is 63.0 cm³/mol. The molecule has 0 radical (unpaired) electrons. The molecule has 0 aliphatic carbocycles. The van der Waals surface area contributed by atoms with Gasteiger partial charge in [-0.2, -0.15) is 0 Å². The van der Waals surface area contributed by atoms with Crippen molar-refractivity contribution in [2.24, 2.45) is 0 Å². The van der Waals surface area contributed by atoms with Crippen LogP contribution in [0.15, 0.2) is 42.6 Å². The third kappa shape index (κ3) is 2.24. The second kappa shape index (κ2) is 4.26. The minimum atomic E-state index is 0.925. The normalized spacial score (nSPS) is 10.3. The van der Waals surface area contributed by atoms with Crippen molar-refractivity contribution >= 4 is 0 Å². The van der Waals surface area contributed by atoms with E-state index in [2.05, 4.69) is 49.2 Å². The van der Waals surface area contributed by atoms with E-state index >= 15 is 0 Å². The van der Waals surface area contributed by atoms with Crippen molar-refractivity contribution < 1.29 is 0 Å². The Bertz CT molecular complexity index is 446. The molecular weight excluding hydrogens is 182 g/mol. The lowest BCUT2D eigenvalue weighted by molar-refractivity contribution is 1.03. The first-order valence-electron chi connectivity index (χ1n) is 5.22. The SMILES string of the molecule is Cc1ccnc(Cc2ccccc2)c1C. The van der Waals surface area contributed by atoms with Gasteiger partial charge in [-0.1, -0.05) is 30.3 Å². The van der Waals surface area contributed by atoms with Gasteiger partial charge in [0.05, 0.1) is 0 Å². The highest BCUT2D eigenvalue weighted by Crippen LogP contribution is 2.14. The molecule has 0 fully saturated rings. The molecule has 76 valence electrons. The third-order valence-electron chi connectivity index (χ3n) is 2.79. The van der Waals surface area contributed by atoms with Crippen LogP contribution in [0.5, 0.6) is 0 Å². The Morgan fingerprint density at radius 2 is 1.73 bits per heavy atom. The molecule has 1 heterocycles. The fraction of sp³-hybridized carbons (Fsp3) is 0.214. The Morgan fingerprint density at radius 1 is 1.00 bits per heavy atom. The zero-order valence-corrected chi connectivity index (χ0v) is 9.20. The largest absolute Gasteiger partial charge is 0.261 e. The molecule has 0 aliphatic rings. The van der Waals surface area contributed by atoms with Crippen LogP contribution in [0.1, 0.15) is 22.4 Å². The molecule has 1 aromatic heterocycles. The first kappa shape index (κ1) is 9.91. The van der Waals surface area contributed by atoms with Crippen molar-refractivity contribution in [3.05, 3.63) is 65.0 Å². The van der Waals surface area contributed by atoms with Crippen LogP contribution < -0.4 is 0 Å². The van der Waals surface area contributed by atoms with Crippen molar-refractivity contribution in [1.29, 1.82) is 0 Å². The van der Waals surface area contributed by atoms with Crippen LogP contribution in [0.3, 0.4) is 0 Å². The summed E-state index contributed by atoms with van der Waals surface area (Å²) < 4.78 is 0. The number of pyridine rings is 1. The van der Waals surface area contributed by atoms with Crippen LogP contribution in [-0.4, -0.2) is 4.98 Å². The molecule has 0 unspecified atom stereocenters. The van der Waals surface area contributed by atoms with Crippen LogP contribution in [0, 0.1) is 13.8 Å². The average molecular weight is 197 g/mol. The molecule has 2 rings (SSSR count). The second-order valence-electron chi connectivity index (χ2n) is 3.86. The molecule has 0 saturated heterocycles. The Morgan fingerprint density at radius 3 is 2.47 bits per heavy atom. The fourth-order valence-corrected chi connectivity index (χ4v) is 1.66. The van der Waals surface area contributed by atoms with E-state index in [1.54, 1.807) is 0 Å². The molecule has 15 heavy (non-hydrogen) atoms. The van der Waals surface area contributed by atoms with Crippen molar-refractivity contribution in [1.82, 2.24) is 4.98 Å². The van der Waals surface area contributed by atoms with Gasteiger partial charge in [-0.15, -0.1) is 0 Å². The van der Waals surface area contributed by atoms with Crippen molar-refractivity contribution in [3.63, 3.8) is 0 Å². The van der Waals surface area contributed by atoms with Crippen LogP contribution in [-0.2, 0) is 6.42 Å². The van der Waals surface area contributed by atoms with Crippen molar-refractivity contribution in [3.8, 4) is 0 Å². The number of rotatable bonds is 2. The van der Waals surface area contributed by atoms with E-state index < -0.39 is 0 Å². The lowest BCUT2D eigenvalue weighted by atomic mass is 10.0. The number of nitrogens with zero attached hydrogens (tertiary/aromatic N) is 1. The van der Waals surface area contributed by atoms with Gasteiger partial charge in [0, 0.05) is 18.3 Å². The Labute approximate surface area is 90.8 Å². The Kier molecular flexibility index (Phi) is 2.82. The van der Waals surface area contributed by atoms with Gasteiger partial charge in [-0.25, -0.2) is 0 Å². The molecule has 0 atom stereocenters. The first-order valence-corrected chi connectivity index (χ1v) is 5.22. The van der Waals surface area contributed by atoms with Gasteiger partial charge in [0.1, 0.15) is 0 Å². The Hall–Kier alpha value is -1.63. The maximum atomic E-state index is 4.43. The van der Waals surface area contributed by atoms with E-state index in [1.165, 1.54) is 22.4 Å². The van der Waals surface area contributed by atoms with E-state index in [4.69, 9.17) is 0 Å². The smallest absolute Gasteiger partial charge is 0.0479 e. The van der Waals surface area contributed by atoms with E-state index in [0.717, 1.165) is 6.42 Å². The van der Waals surface area contributed by atoms with Crippen LogP contribution in [0.25, 0.3) is 0 Å². The highest BCUT2D eigenvalue weighted by Gasteiger charge is 2.02. The second-order valence-corrected chi connectivity index (χ2v) is 3.86. The van der Waals surface area contributed by atoms with E-state index in [0.29, 0.717) is 0 Å². The van der Waals surface area contributed by atoms with Gasteiger partial charge in [-0.05, 0) is 36.6 Å². The van der Waals surface area contributed by atoms with Gasteiger partial charge in [0.25, 0.3) is 0 Å². The zero-order valence-electron chi connectivity index (χ0n) is 9.20. The third-order valence-corrected chi connectivity index (χ3v) is 2.79. The van der Waals surface area contributed by atoms with Crippen molar-refractivity contribution in [2.75, 3.05) is 0 Å². The molecule has 0 N–H and O–H groups in total. The first-order chi connectivity index (χ1) is 7.27. The molecule has 2 aromatic rings. The number of aryl methyl sites for hydroxylation is 1. The van der Waals surface area contributed by atoms with Gasteiger partial charge >= 0.3 is 0 Å². The quantitative estimate of drug-likeness (QED) is 0.720. The summed E-state index contributed by atoms with van der Waals surface area (Å²) in [6.45, 7) is 4.27. The standard InChI is InChI=1S/C14H15N/c1-11-8-9-15-14(12(11)2)10-13-6-4-3-5-7-13/h3-9H,10H2,1-2H3. The van der Waals surface area contributed by atoms with E-state index in [9.17, 15) is 0 Å². The van der Waals surface area contributed by atoms with Gasteiger partial charge in [-0.3, -0.25) is 4.98 Å². The lowest BCUT2D eigenvalue weighted by Gasteiger charge is -2.07. The summed E-state index contributed by atoms with van der Waals surface area (Å²) in [4.78, 5) is 4.43. The molecule has 0 saturated carbocycles. The molecular formula is C14H15N. The van der Waals surface area contributed by atoms with Gasteiger partial charge in [0.2, 0.25) is 0 Å².